The Hall–Kier alpha value is -1.04. The lowest BCUT2D eigenvalue weighted by Gasteiger charge is -1.98. The molecule has 0 atom stereocenters. The Labute approximate surface area is 137 Å². The van der Waals surface area contributed by atoms with Crippen LogP contribution < -0.4 is 0 Å². The molecule has 0 fully saturated rings. The molecular formula is C21H44. The summed E-state index contributed by atoms with van der Waals surface area (Å²) < 4.78 is 0. The van der Waals surface area contributed by atoms with E-state index in [9.17, 15) is 0 Å². The van der Waals surface area contributed by atoms with Crippen molar-refractivity contribution in [2.24, 2.45) is 0 Å². The Morgan fingerprint density at radius 2 is 1.19 bits per heavy atom. The van der Waals surface area contributed by atoms with Gasteiger partial charge in [0.15, 0.2) is 0 Å². The van der Waals surface area contributed by atoms with E-state index in [1.54, 1.807) is 0 Å². The first-order valence-corrected chi connectivity index (χ1v) is 7.51. The Kier molecular flexibility index (Phi) is 36.7. The zero-order valence-electron chi connectivity index (χ0n) is 14.9. The Morgan fingerprint density at radius 1 is 0.857 bits per heavy atom. The van der Waals surface area contributed by atoms with E-state index in [1.807, 2.05) is 27.7 Å². The summed E-state index contributed by atoms with van der Waals surface area (Å²) in [6, 6.07) is 6.50. The minimum Gasteiger partial charge on any atom is -0.100 e. The van der Waals surface area contributed by atoms with Crippen LogP contribution in [0.3, 0.4) is 0 Å². The van der Waals surface area contributed by atoms with Crippen LogP contribution in [0.2, 0.25) is 0 Å². The summed E-state index contributed by atoms with van der Waals surface area (Å²) in [6.45, 7) is 22.3. The lowest BCUT2D eigenvalue weighted by molar-refractivity contribution is 0.886. The summed E-state index contributed by atoms with van der Waals surface area (Å²) in [4.78, 5) is 0. The first-order chi connectivity index (χ1) is 8.84. The molecule has 0 heteroatoms. The van der Waals surface area contributed by atoms with Crippen LogP contribution >= 0.6 is 0 Å². The molecule has 0 radical (unpaired) electrons. The molecule has 0 saturated heterocycles. The van der Waals surface area contributed by atoms with Crippen LogP contribution in [0.15, 0.2) is 30.4 Å². The van der Waals surface area contributed by atoms with Gasteiger partial charge in [-0.3, -0.25) is 0 Å². The number of hydrogen-bond acceptors (Lipinski definition) is 0. The molecule has 1 aromatic carbocycles. The van der Waals surface area contributed by atoms with Crippen LogP contribution in [0.5, 0.6) is 0 Å². The SMILES string of the molecule is C.C.C=C(C)C.CC.CCCC.Cc1ccc(C)c(C)c1. The van der Waals surface area contributed by atoms with Gasteiger partial charge >= 0.3 is 0 Å². The van der Waals surface area contributed by atoms with Gasteiger partial charge in [0.05, 0.1) is 0 Å². The maximum absolute atomic E-state index is 3.56. The topological polar surface area (TPSA) is 0 Å². The van der Waals surface area contributed by atoms with Crippen molar-refractivity contribution in [1.29, 1.82) is 0 Å². The van der Waals surface area contributed by atoms with Crippen LogP contribution in [0.1, 0.15) is 85.9 Å². The zero-order chi connectivity index (χ0) is 15.8. The molecule has 0 heterocycles. The van der Waals surface area contributed by atoms with E-state index in [1.165, 1.54) is 35.1 Å². The number of hydrogen-bond donors (Lipinski definition) is 0. The predicted octanol–water partition coefficient (Wildman–Crippen LogP) is 8.30. The quantitative estimate of drug-likeness (QED) is 0.457. The molecule has 0 amide bonds. The van der Waals surface area contributed by atoms with Gasteiger partial charge < -0.3 is 0 Å². The van der Waals surface area contributed by atoms with Crippen molar-refractivity contribution >= 4 is 0 Å². The maximum atomic E-state index is 3.56. The fraction of sp³-hybridized carbons (Fsp3) is 0.619. The largest absolute Gasteiger partial charge is 0.100 e. The van der Waals surface area contributed by atoms with Crippen molar-refractivity contribution in [2.75, 3.05) is 0 Å². The van der Waals surface area contributed by atoms with Crippen molar-refractivity contribution in [3.63, 3.8) is 0 Å². The minimum absolute atomic E-state index is 0. The van der Waals surface area contributed by atoms with Gasteiger partial charge in [-0.2, -0.15) is 0 Å². The van der Waals surface area contributed by atoms with E-state index in [2.05, 4.69) is 59.4 Å². The molecule has 1 rings (SSSR count). The highest BCUT2D eigenvalue weighted by Gasteiger charge is 1.89. The van der Waals surface area contributed by atoms with Crippen LogP contribution in [0.25, 0.3) is 0 Å². The monoisotopic (exact) mass is 296 g/mol. The Bertz CT molecular complexity index is 302. The summed E-state index contributed by atoms with van der Waals surface area (Å²) >= 11 is 0. The van der Waals surface area contributed by atoms with Gasteiger partial charge in [-0.1, -0.05) is 84.7 Å². The second kappa shape index (κ2) is 24.0. The standard InChI is InChI=1S/C9H12.C4H8.C4H10.C2H6.2CH4/c1-7-4-5-8(2)9(3)6-7;1-4(2)3;1-3-4-2;1-2;;/h4-6H,1-3H3;1H2,2-3H3;3-4H2,1-2H3;1-2H3;2*1H4. The average molecular weight is 297 g/mol. The molecule has 0 nitrogen and oxygen atoms in total. The molecule has 0 spiro atoms. The number of aryl methyl sites for hydroxylation is 3. The van der Waals surface area contributed by atoms with E-state index >= 15 is 0 Å². The van der Waals surface area contributed by atoms with Gasteiger partial charge in [0.25, 0.3) is 0 Å². The third-order valence-corrected chi connectivity index (χ3v) is 2.16. The fourth-order valence-electron chi connectivity index (χ4n) is 0.891. The lowest BCUT2D eigenvalue weighted by Crippen LogP contribution is -1.79. The predicted molar refractivity (Wildman–Crippen MR) is 107 cm³/mol. The Balaban J connectivity index is -0.0000000616. The third kappa shape index (κ3) is 32.5. The third-order valence-electron chi connectivity index (χ3n) is 2.16. The van der Waals surface area contributed by atoms with Crippen molar-refractivity contribution in [3.8, 4) is 0 Å². The van der Waals surface area contributed by atoms with Crippen molar-refractivity contribution in [3.05, 3.63) is 47.0 Å². The van der Waals surface area contributed by atoms with Gasteiger partial charge in [-0.05, 0) is 45.7 Å². The number of rotatable bonds is 1. The van der Waals surface area contributed by atoms with Crippen LogP contribution in [-0.4, -0.2) is 0 Å². The summed E-state index contributed by atoms with van der Waals surface area (Å²) in [5, 5.41) is 0. The highest BCUT2D eigenvalue weighted by Crippen LogP contribution is 2.07. The lowest BCUT2D eigenvalue weighted by atomic mass is 10.1. The van der Waals surface area contributed by atoms with Gasteiger partial charge in [0.2, 0.25) is 0 Å². The molecule has 0 unspecified atom stereocenters. The van der Waals surface area contributed by atoms with Crippen molar-refractivity contribution in [1.82, 2.24) is 0 Å². The molecule has 0 saturated carbocycles. The van der Waals surface area contributed by atoms with Crippen molar-refractivity contribution < 1.29 is 0 Å². The molecule has 128 valence electrons. The smallest absolute Gasteiger partial charge is 0.0395 e. The van der Waals surface area contributed by atoms with Gasteiger partial charge in [-0.15, -0.1) is 6.58 Å². The van der Waals surface area contributed by atoms with Gasteiger partial charge in [-0.25, -0.2) is 0 Å². The zero-order valence-corrected chi connectivity index (χ0v) is 14.9. The second-order valence-corrected chi connectivity index (χ2v) is 4.79. The van der Waals surface area contributed by atoms with E-state index in [0.29, 0.717) is 0 Å². The first-order valence-electron chi connectivity index (χ1n) is 7.51. The molecular weight excluding hydrogens is 252 g/mol. The molecule has 21 heavy (non-hydrogen) atoms. The number of unbranched alkanes of at least 4 members (excludes halogenated alkanes) is 1. The van der Waals surface area contributed by atoms with E-state index in [4.69, 9.17) is 0 Å². The fourth-order valence-corrected chi connectivity index (χ4v) is 0.891. The number of allylic oxidation sites excluding steroid dienone is 1. The average Bonchev–Trinajstić information content (AvgIpc) is 2.36. The number of benzene rings is 1. The van der Waals surface area contributed by atoms with E-state index in [0.717, 1.165) is 0 Å². The van der Waals surface area contributed by atoms with E-state index in [-0.39, 0.29) is 14.9 Å². The van der Waals surface area contributed by atoms with Crippen LogP contribution in [-0.2, 0) is 0 Å². The summed E-state index contributed by atoms with van der Waals surface area (Å²) in [5.74, 6) is 0. The first kappa shape index (κ1) is 32.1. The Morgan fingerprint density at radius 3 is 1.38 bits per heavy atom. The van der Waals surface area contributed by atoms with Crippen LogP contribution in [0.4, 0.5) is 0 Å². The summed E-state index contributed by atoms with van der Waals surface area (Å²) in [6.07, 6.45) is 2.64. The second-order valence-electron chi connectivity index (χ2n) is 4.79. The molecule has 0 aliphatic carbocycles. The molecule has 0 aliphatic heterocycles. The molecule has 0 aromatic heterocycles. The van der Waals surface area contributed by atoms with Gasteiger partial charge in [0.1, 0.15) is 0 Å². The van der Waals surface area contributed by atoms with Crippen molar-refractivity contribution in [2.45, 2.75) is 90.0 Å². The summed E-state index contributed by atoms with van der Waals surface area (Å²) in [5.41, 5.74) is 5.27. The molecule has 0 aliphatic rings. The maximum Gasteiger partial charge on any atom is -0.0395 e. The highest BCUT2D eigenvalue weighted by molar-refractivity contribution is 5.28. The minimum atomic E-state index is 0. The van der Waals surface area contributed by atoms with Crippen LogP contribution in [0, 0.1) is 20.8 Å². The van der Waals surface area contributed by atoms with Gasteiger partial charge in [0, 0.05) is 0 Å². The molecule has 0 bridgehead atoms. The normalized spacial score (nSPS) is 7.10. The molecule has 0 N–H and O–H groups in total. The summed E-state index contributed by atoms with van der Waals surface area (Å²) in [7, 11) is 0. The van der Waals surface area contributed by atoms with E-state index < -0.39 is 0 Å². The molecule has 1 aromatic rings. The highest BCUT2D eigenvalue weighted by atomic mass is 13.9.